The molecule has 3 N–H and O–H groups in total. The van der Waals surface area contributed by atoms with Crippen molar-refractivity contribution in [3.05, 3.63) is 0 Å². The number of nitrogens with one attached hydrogen (secondary N) is 1. The molecule has 3 nitrogen and oxygen atoms in total. The van der Waals surface area contributed by atoms with Crippen LogP contribution in [0, 0.1) is 0 Å². The molecule has 0 aromatic rings. The second-order valence-electron chi connectivity index (χ2n) is 3.93. The zero-order valence-electron chi connectivity index (χ0n) is 9.59. The molecule has 0 fully saturated rings. The van der Waals surface area contributed by atoms with Crippen molar-refractivity contribution in [1.82, 2.24) is 5.32 Å². The highest BCUT2D eigenvalue weighted by Crippen LogP contribution is 2.06. The predicted octanol–water partition coefficient (Wildman–Crippen LogP) is 1.37. The Morgan fingerprint density at radius 3 is 2.64 bits per heavy atom. The molecule has 0 bridgehead atoms. The number of rotatable bonds is 6. The van der Waals surface area contributed by atoms with Gasteiger partial charge in [-0.25, -0.2) is 0 Å². The van der Waals surface area contributed by atoms with E-state index in [1.807, 2.05) is 13.8 Å². The first kappa shape index (κ1) is 13.8. The maximum Gasteiger partial charge on any atom is 0.239 e. The fraction of sp³-hybridized carbons (Fsp3) is 0.900. The Bertz CT molecular complexity index is 183. The van der Waals surface area contributed by atoms with Gasteiger partial charge in [-0.15, -0.1) is 0 Å². The topological polar surface area (TPSA) is 55.1 Å². The normalized spacial score (nSPS) is 17.2. The van der Waals surface area contributed by atoms with E-state index in [-0.39, 0.29) is 11.9 Å². The van der Waals surface area contributed by atoms with Crippen LogP contribution in [-0.4, -0.2) is 29.5 Å². The van der Waals surface area contributed by atoms with Crippen LogP contribution in [0.15, 0.2) is 0 Å². The second-order valence-corrected chi connectivity index (χ2v) is 4.91. The van der Waals surface area contributed by atoms with Gasteiger partial charge in [0.15, 0.2) is 0 Å². The van der Waals surface area contributed by atoms with E-state index in [1.165, 1.54) is 0 Å². The fourth-order valence-corrected chi connectivity index (χ4v) is 1.51. The van der Waals surface area contributed by atoms with Gasteiger partial charge < -0.3 is 11.1 Å². The lowest BCUT2D eigenvalue weighted by Crippen LogP contribution is -2.53. The van der Waals surface area contributed by atoms with Crippen LogP contribution >= 0.6 is 11.8 Å². The van der Waals surface area contributed by atoms with Crippen molar-refractivity contribution in [2.24, 2.45) is 5.73 Å². The van der Waals surface area contributed by atoms with Crippen LogP contribution in [0.5, 0.6) is 0 Å². The van der Waals surface area contributed by atoms with E-state index in [0.29, 0.717) is 6.42 Å². The van der Waals surface area contributed by atoms with Crippen molar-refractivity contribution in [2.45, 2.75) is 45.2 Å². The summed E-state index contributed by atoms with van der Waals surface area (Å²) in [5, 5.41) is 2.93. The molecule has 0 aliphatic rings. The van der Waals surface area contributed by atoms with Crippen molar-refractivity contribution in [1.29, 1.82) is 0 Å². The molecular weight excluding hydrogens is 196 g/mol. The minimum absolute atomic E-state index is 0.0476. The number of carbonyl (C=O) groups is 1. The van der Waals surface area contributed by atoms with E-state index in [4.69, 9.17) is 5.73 Å². The fourth-order valence-electron chi connectivity index (χ4n) is 0.916. The Kier molecular flexibility index (Phi) is 6.20. The van der Waals surface area contributed by atoms with E-state index in [0.717, 1.165) is 12.2 Å². The molecule has 1 amide bonds. The minimum Gasteiger partial charge on any atom is -0.352 e. The zero-order chi connectivity index (χ0) is 11.2. The van der Waals surface area contributed by atoms with Crippen LogP contribution in [0.4, 0.5) is 0 Å². The second kappa shape index (κ2) is 6.30. The van der Waals surface area contributed by atoms with E-state index in [1.54, 1.807) is 18.7 Å². The minimum atomic E-state index is -0.729. The van der Waals surface area contributed by atoms with Gasteiger partial charge in [0.2, 0.25) is 5.91 Å². The summed E-state index contributed by atoms with van der Waals surface area (Å²) in [6, 6.07) is 0.212. The lowest BCUT2D eigenvalue weighted by molar-refractivity contribution is -0.126. The van der Waals surface area contributed by atoms with Crippen molar-refractivity contribution in [3.8, 4) is 0 Å². The van der Waals surface area contributed by atoms with Crippen LogP contribution in [0.25, 0.3) is 0 Å². The molecule has 84 valence electrons. The van der Waals surface area contributed by atoms with Crippen LogP contribution in [0.1, 0.15) is 33.6 Å². The Morgan fingerprint density at radius 2 is 2.21 bits per heavy atom. The third kappa shape index (κ3) is 4.86. The lowest BCUT2D eigenvalue weighted by Gasteiger charge is -2.24. The summed E-state index contributed by atoms with van der Waals surface area (Å²) < 4.78 is 0. The first-order valence-electron chi connectivity index (χ1n) is 5.02. The average Bonchev–Trinajstić information content (AvgIpc) is 2.14. The molecule has 0 spiro atoms. The molecule has 4 heteroatoms. The Morgan fingerprint density at radius 1 is 1.64 bits per heavy atom. The molecule has 0 saturated heterocycles. The van der Waals surface area contributed by atoms with Crippen molar-refractivity contribution in [2.75, 3.05) is 12.0 Å². The standard InChI is InChI=1S/C10H22N2OS/c1-5-10(3,11)9(13)12-8(2)6-7-14-4/h8H,5-7,11H2,1-4H3,(H,12,13). The highest BCUT2D eigenvalue weighted by molar-refractivity contribution is 7.98. The van der Waals surface area contributed by atoms with Crippen LogP contribution in [0.3, 0.4) is 0 Å². The monoisotopic (exact) mass is 218 g/mol. The van der Waals surface area contributed by atoms with E-state index in [2.05, 4.69) is 11.6 Å². The molecule has 0 radical (unpaired) electrons. The smallest absolute Gasteiger partial charge is 0.239 e. The molecule has 0 saturated carbocycles. The van der Waals surface area contributed by atoms with Gasteiger partial charge in [0.05, 0.1) is 5.54 Å². The van der Waals surface area contributed by atoms with Gasteiger partial charge in [-0.1, -0.05) is 6.92 Å². The number of nitrogens with two attached hydrogens (primary N) is 1. The molecule has 0 aromatic carbocycles. The number of carbonyl (C=O) groups excluding carboxylic acids is 1. The van der Waals surface area contributed by atoms with Crippen molar-refractivity contribution < 1.29 is 4.79 Å². The Balaban J connectivity index is 3.93. The predicted molar refractivity (Wildman–Crippen MR) is 63.5 cm³/mol. The molecule has 14 heavy (non-hydrogen) atoms. The largest absolute Gasteiger partial charge is 0.352 e. The van der Waals surface area contributed by atoms with Crippen LogP contribution in [0.2, 0.25) is 0 Å². The summed E-state index contributed by atoms with van der Waals surface area (Å²) in [5.74, 6) is 1.02. The first-order chi connectivity index (χ1) is 6.44. The summed E-state index contributed by atoms with van der Waals surface area (Å²) in [5.41, 5.74) is 5.09. The SMILES string of the molecule is CCC(C)(N)C(=O)NC(C)CCSC. The molecule has 2 unspecified atom stereocenters. The van der Waals surface area contributed by atoms with Crippen molar-refractivity contribution >= 4 is 17.7 Å². The Labute approximate surface area is 91.2 Å². The van der Waals surface area contributed by atoms with Gasteiger partial charge in [0, 0.05) is 6.04 Å². The molecule has 0 aliphatic heterocycles. The summed E-state index contributed by atoms with van der Waals surface area (Å²) in [6.07, 6.45) is 3.72. The maximum atomic E-state index is 11.6. The summed E-state index contributed by atoms with van der Waals surface area (Å²) in [4.78, 5) is 11.6. The average molecular weight is 218 g/mol. The number of thioether (sulfide) groups is 1. The highest BCUT2D eigenvalue weighted by atomic mass is 32.2. The highest BCUT2D eigenvalue weighted by Gasteiger charge is 2.26. The first-order valence-corrected chi connectivity index (χ1v) is 6.42. The van der Waals surface area contributed by atoms with Gasteiger partial charge in [-0.05, 0) is 38.7 Å². The van der Waals surface area contributed by atoms with Crippen LogP contribution < -0.4 is 11.1 Å². The third-order valence-electron chi connectivity index (χ3n) is 2.39. The molecule has 0 rings (SSSR count). The molecule has 0 aromatic heterocycles. The van der Waals surface area contributed by atoms with Gasteiger partial charge in [0.25, 0.3) is 0 Å². The van der Waals surface area contributed by atoms with Gasteiger partial charge in [-0.3, -0.25) is 4.79 Å². The van der Waals surface area contributed by atoms with Gasteiger partial charge in [0.1, 0.15) is 0 Å². The summed E-state index contributed by atoms with van der Waals surface area (Å²) in [6.45, 7) is 5.70. The number of hydrogen-bond acceptors (Lipinski definition) is 3. The van der Waals surface area contributed by atoms with Crippen molar-refractivity contribution in [3.63, 3.8) is 0 Å². The molecule has 2 atom stereocenters. The molecule has 0 heterocycles. The lowest BCUT2D eigenvalue weighted by atomic mass is 9.99. The number of amides is 1. The van der Waals surface area contributed by atoms with Gasteiger partial charge >= 0.3 is 0 Å². The van der Waals surface area contributed by atoms with Gasteiger partial charge in [-0.2, -0.15) is 11.8 Å². The quantitative estimate of drug-likeness (QED) is 0.708. The van der Waals surface area contributed by atoms with E-state index < -0.39 is 5.54 Å². The molecule has 0 aliphatic carbocycles. The third-order valence-corrected chi connectivity index (χ3v) is 3.03. The Hall–Kier alpha value is -0.220. The summed E-state index contributed by atoms with van der Waals surface area (Å²) in [7, 11) is 0. The summed E-state index contributed by atoms with van der Waals surface area (Å²) >= 11 is 1.79. The van der Waals surface area contributed by atoms with E-state index >= 15 is 0 Å². The maximum absolute atomic E-state index is 11.6. The number of hydrogen-bond donors (Lipinski definition) is 2. The van der Waals surface area contributed by atoms with E-state index in [9.17, 15) is 4.79 Å². The zero-order valence-corrected chi connectivity index (χ0v) is 10.4. The van der Waals surface area contributed by atoms with Crippen LogP contribution in [-0.2, 0) is 4.79 Å². The molecular formula is C10H22N2OS.